The second-order valence-electron chi connectivity index (χ2n) is 7.01. The zero-order valence-corrected chi connectivity index (χ0v) is 15.8. The lowest BCUT2D eigenvalue weighted by molar-refractivity contribution is -0.127. The molecule has 2 heterocycles. The average molecular weight is 380 g/mol. The van der Waals surface area contributed by atoms with Crippen molar-refractivity contribution in [2.45, 2.75) is 38.5 Å². The maximum absolute atomic E-state index is 12.2. The van der Waals surface area contributed by atoms with E-state index in [-0.39, 0.29) is 11.8 Å². The second-order valence-corrected chi connectivity index (χ2v) is 7.01. The van der Waals surface area contributed by atoms with Gasteiger partial charge in [-0.2, -0.15) is 10.1 Å². The molecule has 2 aliphatic rings. The van der Waals surface area contributed by atoms with Gasteiger partial charge in [-0.15, -0.1) is 0 Å². The number of hydrogen-bond donors (Lipinski definition) is 0. The molecule has 28 heavy (non-hydrogen) atoms. The number of nitrogens with zero attached hydrogens (tertiary/aromatic N) is 2. The summed E-state index contributed by atoms with van der Waals surface area (Å²) in [5, 5.41) is 2.84. The van der Waals surface area contributed by atoms with E-state index < -0.39 is 0 Å². The highest BCUT2D eigenvalue weighted by molar-refractivity contribution is 5.95. The Balaban J connectivity index is 1.24. The van der Waals surface area contributed by atoms with E-state index in [4.69, 9.17) is 9.68 Å². The number of aryl methyl sites for hydroxylation is 2. The topological polar surface area (TPSA) is 59.1 Å². The Morgan fingerprint density at radius 1 is 0.643 bits per heavy atom. The summed E-state index contributed by atoms with van der Waals surface area (Å²) in [5.41, 5.74) is 3.94. The molecule has 0 spiro atoms. The molecule has 0 N–H and O–H groups in total. The van der Waals surface area contributed by atoms with Gasteiger partial charge in [0.2, 0.25) is 0 Å². The number of fused-ring (bicyclic) bond motifs is 2. The van der Waals surface area contributed by atoms with Crippen LogP contribution in [-0.4, -0.2) is 25.0 Å². The predicted molar refractivity (Wildman–Crippen MR) is 106 cm³/mol. The smallest absolute Gasteiger partial charge is 0.251 e. The number of para-hydroxylation sites is 2. The lowest BCUT2D eigenvalue weighted by Gasteiger charge is -2.29. The van der Waals surface area contributed by atoms with E-state index in [9.17, 15) is 9.59 Å². The van der Waals surface area contributed by atoms with Gasteiger partial charge in [0, 0.05) is 12.8 Å². The molecule has 0 saturated heterocycles. The van der Waals surface area contributed by atoms with Crippen molar-refractivity contribution in [1.29, 1.82) is 0 Å². The zero-order chi connectivity index (χ0) is 19.3. The van der Waals surface area contributed by atoms with Gasteiger partial charge in [-0.3, -0.25) is 19.3 Å². The van der Waals surface area contributed by atoms with Crippen LogP contribution in [-0.2, 0) is 32.1 Å². The fraction of sp³-hybridized carbons (Fsp3) is 0.364. The number of amides is 2. The summed E-state index contributed by atoms with van der Waals surface area (Å²) >= 11 is 0. The normalized spacial score (nSPS) is 16.1. The van der Waals surface area contributed by atoms with Crippen molar-refractivity contribution >= 4 is 23.2 Å². The Labute approximate surface area is 164 Å². The molecule has 2 amide bonds. The third kappa shape index (κ3) is 3.93. The fourth-order valence-corrected chi connectivity index (χ4v) is 3.59. The third-order valence-corrected chi connectivity index (χ3v) is 5.07. The van der Waals surface area contributed by atoms with Crippen LogP contribution in [0.25, 0.3) is 0 Å². The highest BCUT2D eigenvalue weighted by atomic mass is 16.7. The van der Waals surface area contributed by atoms with Crippen molar-refractivity contribution in [1.82, 2.24) is 0 Å². The molecule has 2 aromatic rings. The summed E-state index contributed by atoms with van der Waals surface area (Å²) in [5.74, 6) is -0.0176. The minimum atomic E-state index is -0.00882. The molecule has 4 rings (SSSR count). The van der Waals surface area contributed by atoms with Crippen LogP contribution in [0.3, 0.4) is 0 Å². The number of hydrogen-bond acceptors (Lipinski definition) is 4. The van der Waals surface area contributed by atoms with Crippen LogP contribution in [0.5, 0.6) is 0 Å². The standard InChI is InChI=1S/C22H24N2O4/c25-21-13-11-17-7-1-3-9-19(17)23(21)27-15-5-6-16-28-24-20-10-4-2-8-18(20)12-14-22(24)26/h1-4,7-10H,5-6,11-16H2. The monoisotopic (exact) mass is 380 g/mol. The molecule has 2 aromatic carbocycles. The van der Waals surface area contributed by atoms with Crippen LogP contribution in [0, 0.1) is 0 Å². The van der Waals surface area contributed by atoms with Gasteiger partial charge in [0.1, 0.15) is 0 Å². The number of anilines is 2. The van der Waals surface area contributed by atoms with Gasteiger partial charge < -0.3 is 0 Å². The number of carbonyl (C=O) groups excluding carboxylic acids is 2. The molecule has 0 fully saturated rings. The molecule has 0 unspecified atom stereocenters. The lowest BCUT2D eigenvalue weighted by atomic mass is 10.0. The quantitative estimate of drug-likeness (QED) is 0.689. The SMILES string of the molecule is O=C1CCc2ccccc2N1OCCCCON1C(=O)CCc2ccccc21. The molecular formula is C22H24N2O4. The van der Waals surface area contributed by atoms with Crippen LogP contribution in [0.4, 0.5) is 11.4 Å². The van der Waals surface area contributed by atoms with Crippen molar-refractivity contribution in [3.63, 3.8) is 0 Å². The highest BCUT2D eigenvalue weighted by Gasteiger charge is 2.25. The Kier molecular flexibility index (Phi) is 5.69. The molecule has 6 nitrogen and oxygen atoms in total. The highest BCUT2D eigenvalue weighted by Crippen LogP contribution is 2.29. The largest absolute Gasteiger partial charge is 0.272 e. The van der Waals surface area contributed by atoms with Crippen LogP contribution in [0.15, 0.2) is 48.5 Å². The first kappa shape index (κ1) is 18.7. The maximum atomic E-state index is 12.2. The number of benzene rings is 2. The first-order valence-electron chi connectivity index (χ1n) is 9.81. The van der Waals surface area contributed by atoms with Crippen molar-refractivity contribution in [3.8, 4) is 0 Å². The van der Waals surface area contributed by atoms with Gasteiger partial charge in [-0.1, -0.05) is 36.4 Å². The van der Waals surface area contributed by atoms with Crippen molar-refractivity contribution in [2.75, 3.05) is 23.3 Å². The zero-order valence-electron chi connectivity index (χ0n) is 15.8. The molecule has 0 bridgehead atoms. The molecule has 2 aliphatic heterocycles. The van der Waals surface area contributed by atoms with Gasteiger partial charge in [-0.05, 0) is 48.9 Å². The average Bonchev–Trinajstić information content (AvgIpc) is 2.73. The van der Waals surface area contributed by atoms with Crippen LogP contribution < -0.4 is 10.1 Å². The molecule has 146 valence electrons. The molecule has 0 aliphatic carbocycles. The van der Waals surface area contributed by atoms with E-state index >= 15 is 0 Å². The predicted octanol–water partition coefficient (Wildman–Crippen LogP) is 3.59. The van der Waals surface area contributed by atoms with Gasteiger partial charge in [-0.25, -0.2) is 0 Å². The van der Waals surface area contributed by atoms with E-state index in [1.165, 1.54) is 10.1 Å². The van der Waals surface area contributed by atoms with E-state index in [1.807, 2.05) is 48.5 Å². The van der Waals surface area contributed by atoms with E-state index in [0.717, 1.165) is 48.2 Å². The summed E-state index contributed by atoms with van der Waals surface area (Å²) in [6.07, 6.45) is 3.92. The second kappa shape index (κ2) is 8.54. The number of rotatable bonds is 7. The first-order chi connectivity index (χ1) is 13.7. The third-order valence-electron chi connectivity index (χ3n) is 5.07. The van der Waals surface area contributed by atoms with Gasteiger partial charge in [0.25, 0.3) is 11.8 Å². The summed E-state index contributed by atoms with van der Waals surface area (Å²) in [6, 6.07) is 15.7. The summed E-state index contributed by atoms with van der Waals surface area (Å²) in [6.45, 7) is 0.849. The molecule has 0 aromatic heterocycles. The molecule has 0 saturated carbocycles. The van der Waals surface area contributed by atoms with E-state index in [2.05, 4.69) is 0 Å². The molecule has 6 heteroatoms. The molecular weight excluding hydrogens is 356 g/mol. The van der Waals surface area contributed by atoms with Crippen LogP contribution in [0.1, 0.15) is 36.8 Å². The van der Waals surface area contributed by atoms with E-state index in [1.54, 1.807) is 0 Å². The van der Waals surface area contributed by atoms with Crippen molar-refractivity contribution < 1.29 is 19.3 Å². The van der Waals surface area contributed by atoms with E-state index in [0.29, 0.717) is 26.1 Å². The Bertz CT molecular complexity index is 796. The van der Waals surface area contributed by atoms with Crippen LogP contribution in [0.2, 0.25) is 0 Å². The fourth-order valence-electron chi connectivity index (χ4n) is 3.59. The van der Waals surface area contributed by atoms with Crippen molar-refractivity contribution in [2.24, 2.45) is 0 Å². The Morgan fingerprint density at radius 2 is 1.07 bits per heavy atom. The lowest BCUT2D eigenvalue weighted by Crippen LogP contribution is -2.36. The minimum absolute atomic E-state index is 0.00882. The Hall–Kier alpha value is -2.70. The van der Waals surface area contributed by atoms with Gasteiger partial charge >= 0.3 is 0 Å². The number of carbonyl (C=O) groups is 2. The minimum Gasteiger partial charge on any atom is -0.272 e. The van der Waals surface area contributed by atoms with Crippen molar-refractivity contribution in [3.05, 3.63) is 59.7 Å². The Morgan fingerprint density at radius 3 is 1.54 bits per heavy atom. The first-order valence-corrected chi connectivity index (χ1v) is 9.81. The molecule has 0 radical (unpaired) electrons. The summed E-state index contributed by atoms with van der Waals surface area (Å²) in [4.78, 5) is 35.8. The van der Waals surface area contributed by atoms with Gasteiger partial charge in [0.15, 0.2) is 0 Å². The maximum Gasteiger partial charge on any atom is 0.251 e. The number of hydroxylamine groups is 2. The van der Waals surface area contributed by atoms with Crippen LogP contribution >= 0.6 is 0 Å². The molecule has 0 atom stereocenters. The summed E-state index contributed by atoms with van der Waals surface area (Å²) < 4.78 is 0. The summed E-state index contributed by atoms with van der Waals surface area (Å²) in [7, 11) is 0. The number of unbranched alkanes of at least 4 members (excludes halogenated alkanes) is 1. The van der Waals surface area contributed by atoms with Gasteiger partial charge in [0.05, 0.1) is 24.6 Å².